The van der Waals surface area contributed by atoms with E-state index < -0.39 is 6.09 Å². The van der Waals surface area contributed by atoms with Gasteiger partial charge in [-0.3, -0.25) is 9.69 Å². The molecule has 6 nitrogen and oxygen atoms in total. The molecule has 29 heavy (non-hydrogen) atoms. The van der Waals surface area contributed by atoms with Gasteiger partial charge in [-0.25, -0.2) is 9.78 Å². The molecular weight excluding hydrogens is 386 g/mol. The van der Waals surface area contributed by atoms with E-state index in [0.717, 1.165) is 21.1 Å². The van der Waals surface area contributed by atoms with Gasteiger partial charge in [0.05, 0.1) is 24.2 Å². The molecule has 0 aliphatic carbocycles. The lowest BCUT2D eigenvalue weighted by molar-refractivity contribution is -0.115. The second kappa shape index (κ2) is 8.87. The quantitative estimate of drug-likeness (QED) is 0.656. The van der Waals surface area contributed by atoms with Crippen molar-refractivity contribution in [1.29, 1.82) is 0 Å². The summed E-state index contributed by atoms with van der Waals surface area (Å²) >= 11 is 1.53. The predicted octanol–water partition coefficient (Wildman–Crippen LogP) is 4.81. The molecule has 0 bridgehead atoms. The molecule has 0 radical (unpaired) electrons. The number of nitrogens with one attached hydrogen (secondary N) is 1. The number of aryl methyl sites for hydroxylation is 2. The molecule has 150 valence electrons. The molecule has 0 atom stereocenters. The maximum Gasteiger partial charge on any atom is 0.413 e. The second-order valence-electron chi connectivity index (χ2n) is 6.67. The summed E-state index contributed by atoms with van der Waals surface area (Å²) in [6.45, 7) is 3.99. The van der Waals surface area contributed by atoms with Crippen molar-refractivity contribution < 1.29 is 14.3 Å². The summed E-state index contributed by atoms with van der Waals surface area (Å²) in [4.78, 5) is 31.1. The van der Waals surface area contributed by atoms with E-state index in [1.54, 1.807) is 31.3 Å². The van der Waals surface area contributed by atoms with Gasteiger partial charge in [0.25, 0.3) is 0 Å². The Hall–Kier alpha value is -3.19. The van der Waals surface area contributed by atoms with Crippen molar-refractivity contribution in [2.24, 2.45) is 0 Å². The highest BCUT2D eigenvalue weighted by Gasteiger charge is 2.15. The molecule has 0 aliphatic rings. The minimum absolute atomic E-state index is 0.115. The number of thiazole rings is 1. The highest BCUT2D eigenvalue weighted by atomic mass is 32.1. The number of ether oxygens (including phenoxy) is 1. The van der Waals surface area contributed by atoms with Gasteiger partial charge in [0.1, 0.15) is 0 Å². The highest BCUT2D eigenvalue weighted by Crippen LogP contribution is 2.29. The fraction of sp³-hybridized carbons (Fsp3) is 0.227. The van der Waals surface area contributed by atoms with Crippen LogP contribution in [0.2, 0.25) is 0 Å². The molecule has 0 aliphatic heterocycles. The fourth-order valence-corrected chi connectivity index (χ4v) is 3.84. The van der Waals surface area contributed by atoms with E-state index in [1.165, 1.54) is 28.9 Å². The maximum atomic E-state index is 12.6. The Morgan fingerprint density at radius 2 is 1.72 bits per heavy atom. The zero-order valence-corrected chi connectivity index (χ0v) is 17.7. The standard InChI is InChI=1S/C22H23N3O3S/c1-14-5-7-16(8-6-14)21-19(29-15(2)23-21)13-20(26)24-17-9-11-18(12-10-17)25(3)22(27)28-4/h5-12H,13H2,1-4H3,(H,24,26). The van der Waals surface area contributed by atoms with Gasteiger partial charge in [0, 0.05) is 28.9 Å². The first kappa shape index (κ1) is 20.5. The van der Waals surface area contributed by atoms with Crippen LogP contribution in [-0.2, 0) is 16.0 Å². The Labute approximate surface area is 174 Å². The minimum atomic E-state index is -0.453. The summed E-state index contributed by atoms with van der Waals surface area (Å²) < 4.78 is 4.70. The number of hydrogen-bond donors (Lipinski definition) is 1. The summed E-state index contributed by atoms with van der Waals surface area (Å²) in [6.07, 6.45) is -0.204. The van der Waals surface area contributed by atoms with E-state index in [-0.39, 0.29) is 12.3 Å². The number of carbonyl (C=O) groups excluding carboxylic acids is 2. The summed E-state index contributed by atoms with van der Waals surface area (Å²) in [7, 11) is 2.96. The Balaban J connectivity index is 1.70. The van der Waals surface area contributed by atoms with Crippen LogP contribution in [0.3, 0.4) is 0 Å². The number of methoxy groups -OCH3 is 1. The van der Waals surface area contributed by atoms with Crippen LogP contribution in [-0.4, -0.2) is 31.1 Å². The zero-order chi connectivity index (χ0) is 21.0. The molecule has 2 amide bonds. The lowest BCUT2D eigenvalue weighted by Gasteiger charge is -2.16. The normalized spacial score (nSPS) is 10.5. The van der Waals surface area contributed by atoms with Gasteiger partial charge in [-0.05, 0) is 38.1 Å². The lowest BCUT2D eigenvalue weighted by atomic mass is 10.1. The monoisotopic (exact) mass is 409 g/mol. The van der Waals surface area contributed by atoms with E-state index >= 15 is 0 Å². The Morgan fingerprint density at radius 3 is 2.34 bits per heavy atom. The smallest absolute Gasteiger partial charge is 0.413 e. The van der Waals surface area contributed by atoms with Gasteiger partial charge in [0.2, 0.25) is 5.91 Å². The van der Waals surface area contributed by atoms with Gasteiger partial charge < -0.3 is 10.1 Å². The van der Waals surface area contributed by atoms with Gasteiger partial charge >= 0.3 is 6.09 Å². The van der Waals surface area contributed by atoms with Crippen LogP contribution in [0.25, 0.3) is 11.3 Å². The molecule has 0 fully saturated rings. The van der Waals surface area contributed by atoms with Crippen LogP contribution < -0.4 is 10.2 Å². The Kier molecular flexibility index (Phi) is 6.29. The molecule has 0 spiro atoms. The molecule has 1 heterocycles. The fourth-order valence-electron chi connectivity index (χ4n) is 2.89. The van der Waals surface area contributed by atoms with Crippen molar-refractivity contribution in [3.63, 3.8) is 0 Å². The summed E-state index contributed by atoms with van der Waals surface area (Å²) in [5, 5.41) is 3.83. The van der Waals surface area contributed by atoms with Crippen molar-refractivity contribution in [1.82, 2.24) is 4.98 Å². The predicted molar refractivity (Wildman–Crippen MR) is 117 cm³/mol. The average molecular weight is 410 g/mol. The molecule has 1 aromatic heterocycles. The summed E-state index contributed by atoms with van der Waals surface area (Å²) in [5.41, 5.74) is 4.39. The topological polar surface area (TPSA) is 71.5 Å². The van der Waals surface area contributed by atoms with Crippen LogP contribution in [0.5, 0.6) is 0 Å². The summed E-state index contributed by atoms with van der Waals surface area (Å²) in [5.74, 6) is -0.115. The highest BCUT2D eigenvalue weighted by molar-refractivity contribution is 7.12. The molecule has 3 aromatic rings. The molecule has 1 N–H and O–H groups in total. The Morgan fingerprint density at radius 1 is 1.07 bits per heavy atom. The third-order valence-corrected chi connectivity index (χ3v) is 5.41. The first-order chi connectivity index (χ1) is 13.9. The third kappa shape index (κ3) is 5.00. The van der Waals surface area contributed by atoms with Crippen molar-refractivity contribution >= 4 is 34.7 Å². The number of hydrogen-bond acceptors (Lipinski definition) is 5. The molecule has 0 saturated heterocycles. The summed E-state index contributed by atoms with van der Waals surface area (Å²) in [6, 6.07) is 15.2. The van der Waals surface area contributed by atoms with Crippen molar-refractivity contribution in [2.45, 2.75) is 20.3 Å². The van der Waals surface area contributed by atoms with E-state index in [0.29, 0.717) is 11.4 Å². The first-order valence-corrected chi connectivity index (χ1v) is 9.94. The van der Waals surface area contributed by atoms with Crippen molar-refractivity contribution in [3.8, 4) is 11.3 Å². The number of amides is 2. The van der Waals surface area contributed by atoms with Crippen molar-refractivity contribution in [3.05, 3.63) is 64.0 Å². The minimum Gasteiger partial charge on any atom is -0.452 e. The van der Waals surface area contributed by atoms with Gasteiger partial charge in [-0.2, -0.15) is 0 Å². The maximum absolute atomic E-state index is 12.6. The molecular formula is C22H23N3O3S. The SMILES string of the molecule is COC(=O)N(C)c1ccc(NC(=O)Cc2sc(C)nc2-c2ccc(C)cc2)cc1. The van der Waals surface area contributed by atoms with Crippen LogP contribution in [0, 0.1) is 13.8 Å². The first-order valence-electron chi connectivity index (χ1n) is 9.12. The number of benzene rings is 2. The largest absolute Gasteiger partial charge is 0.452 e. The van der Waals surface area contributed by atoms with Crippen LogP contribution in [0.15, 0.2) is 48.5 Å². The molecule has 0 saturated carbocycles. The third-order valence-electron chi connectivity index (χ3n) is 4.44. The van der Waals surface area contributed by atoms with Gasteiger partial charge in [0.15, 0.2) is 0 Å². The van der Waals surface area contributed by atoms with Crippen LogP contribution >= 0.6 is 11.3 Å². The number of carbonyl (C=O) groups is 2. The molecule has 3 rings (SSSR count). The average Bonchev–Trinajstić information content (AvgIpc) is 3.07. The Bertz CT molecular complexity index is 1010. The number of anilines is 2. The van der Waals surface area contributed by atoms with Gasteiger partial charge in [-0.1, -0.05) is 29.8 Å². The molecule has 2 aromatic carbocycles. The zero-order valence-electron chi connectivity index (χ0n) is 16.9. The van der Waals surface area contributed by atoms with Crippen LogP contribution in [0.4, 0.5) is 16.2 Å². The number of aromatic nitrogens is 1. The second-order valence-corrected chi connectivity index (χ2v) is 7.96. The van der Waals surface area contributed by atoms with E-state index in [1.807, 2.05) is 38.1 Å². The molecule has 0 unspecified atom stereocenters. The number of rotatable bonds is 5. The van der Waals surface area contributed by atoms with E-state index in [2.05, 4.69) is 10.3 Å². The lowest BCUT2D eigenvalue weighted by Crippen LogP contribution is -2.25. The van der Waals surface area contributed by atoms with Crippen LogP contribution in [0.1, 0.15) is 15.4 Å². The van der Waals surface area contributed by atoms with E-state index in [9.17, 15) is 9.59 Å². The van der Waals surface area contributed by atoms with Gasteiger partial charge in [-0.15, -0.1) is 11.3 Å². The number of nitrogens with zero attached hydrogens (tertiary/aromatic N) is 2. The molecule has 7 heteroatoms. The van der Waals surface area contributed by atoms with E-state index in [4.69, 9.17) is 4.74 Å². The van der Waals surface area contributed by atoms with Crippen molar-refractivity contribution in [2.75, 3.05) is 24.4 Å².